The smallest absolute Gasteiger partial charge is 0.340 e. The number of hydrogen-bond donors (Lipinski definition) is 1. The molecule has 3 aromatic heterocycles. The van der Waals surface area contributed by atoms with Gasteiger partial charge in [-0.25, -0.2) is 32.9 Å². The third-order valence-corrected chi connectivity index (χ3v) is 5.70. The Hall–Kier alpha value is -3.57. The molecule has 3 heterocycles. The number of alkyl halides is 2. The van der Waals surface area contributed by atoms with Crippen molar-refractivity contribution >= 4 is 17.2 Å². The van der Waals surface area contributed by atoms with Gasteiger partial charge in [0, 0.05) is 31.3 Å². The molecule has 5 rings (SSSR count). The van der Waals surface area contributed by atoms with Gasteiger partial charge in [-0.1, -0.05) is 11.6 Å². The lowest BCUT2D eigenvalue weighted by molar-refractivity contribution is -0.215. The van der Waals surface area contributed by atoms with Crippen LogP contribution in [-0.4, -0.2) is 54.3 Å². The number of methoxy groups -OCH3 is 1. The molecule has 1 fully saturated rings. The van der Waals surface area contributed by atoms with Gasteiger partial charge in [0.25, 0.3) is 5.92 Å². The zero-order valence-electron chi connectivity index (χ0n) is 17.8. The summed E-state index contributed by atoms with van der Waals surface area (Å²) in [5, 5.41) is 10.5. The van der Waals surface area contributed by atoms with Crippen molar-refractivity contribution in [2.24, 2.45) is 0 Å². The van der Waals surface area contributed by atoms with E-state index >= 15 is 0 Å². The minimum Gasteiger partial charge on any atom is -0.493 e. The lowest BCUT2D eigenvalue weighted by atomic mass is 9.77. The molecule has 1 aromatic carbocycles. The van der Waals surface area contributed by atoms with Crippen LogP contribution in [-0.2, 0) is 0 Å². The molecule has 0 bridgehead atoms. The summed E-state index contributed by atoms with van der Waals surface area (Å²) in [7, 11) is 1.41. The summed E-state index contributed by atoms with van der Waals surface area (Å²) in [4.78, 5) is 26.0. The van der Waals surface area contributed by atoms with E-state index in [1.807, 2.05) is 0 Å². The van der Waals surface area contributed by atoms with Gasteiger partial charge in [0.2, 0.25) is 0 Å². The molecule has 34 heavy (non-hydrogen) atoms. The minimum absolute atomic E-state index is 0.244. The standard InChI is InChI=1S/C22H18ClF2N5O4/c1-33-17-6-14(2-4-16(17)34-11-21(32)9-22(24,25)10-21)29-12-28-18-5-3-15(30(18)20(29)31)19-26-7-13(23)8-27-19/h2-8,12,32H,9-11H2,1H3. The van der Waals surface area contributed by atoms with Gasteiger partial charge >= 0.3 is 5.69 Å². The van der Waals surface area contributed by atoms with Crippen LogP contribution in [0, 0.1) is 0 Å². The first kappa shape index (κ1) is 22.2. The maximum atomic E-state index is 13.3. The van der Waals surface area contributed by atoms with E-state index in [2.05, 4.69) is 15.0 Å². The van der Waals surface area contributed by atoms with Crippen molar-refractivity contribution in [1.29, 1.82) is 0 Å². The maximum absolute atomic E-state index is 13.3. The highest BCUT2D eigenvalue weighted by Gasteiger charge is 2.56. The van der Waals surface area contributed by atoms with E-state index in [4.69, 9.17) is 21.1 Å². The van der Waals surface area contributed by atoms with E-state index in [1.165, 1.54) is 40.9 Å². The van der Waals surface area contributed by atoms with E-state index in [1.54, 1.807) is 24.3 Å². The minimum atomic E-state index is -2.88. The van der Waals surface area contributed by atoms with E-state index in [-0.39, 0.29) is 18.1 Å². The fourth-order valence-electron chi connectivity index (χ4n) is 3.95. The van der Waals surface area contributed by atoms with Gasteiger partial charge in [0.15, 0.2) is 17.3 Å². The van der Waals surface area contributed by atoms with Crippen LogP contribution < -0.4 is 15.2 Å². The van der Waals surface area contributed by atoms with E-state index < -0.39 is 30.1 Å². The Morgan fingerprint density at radius 3 is 2.53 bits per heavy atom. The summed E-state index contributed by atoms with van der Waals surface area (Å²) >= 11 is 5.86. The third kappa shape index (κ3) is 3.97. The summed E-state index contributed by atoms with van der Waals surface area (Å²) in [6.07, 6.45) is 2.93. The van der Waals surface area contributed by atoms with Crippen LogP contribution in [0.2, 0.25) is 5.02 Å². The Morgan fingerprint density at radius 2 is 1.85 bits per heavy atom. The van der Waals surface area contributed by atoms with E-state index in [9.17, 15) is 18.7 Å². The number of nitrogens with zero attached hydrogens (tertiary/aromatic N) is 5. The molecule has 0 saturated heterocycles. The molecule has 0 atom stereocenters. The molecule has 1 aliphatic rings. The largest absolute Gasteiger partial charge is 0.493 e. The van der Waals surface area contributed by atoms with Crippen LogP contribution in [0.4, 0.5) is 8.78 Å². The number of rotatable bonds is 6. The molecule has 0 unspecified atom stereocenters. The van der Waals surface area contributed by atoms with Crippen LogP contribution >= 0.6 is 11.6 Å². The molecule has 0 aliphatic heterocycles. The Kier molecular flexibility index (Phi) is 5.25. The molecule has 1 N–H and O–H groups in total. The first-order chi connectivity index (χ1) is 16.2. The van der Waals surface area contributed by atoms with Gasteiger partial charge in [-0.05, 0) is 24.3 Å². The van der Waals surface area contributed by atoms with Crippen LogP contribution in [0.15, 0.2) is 53.8 Å². The summed E-state index contributed by atoms with van der Waals surface area (Å²) in [5.74, 6) is -2.07. The molecule has 0 spiro atoms. The number of fused-ring (bicyclic) bond motifs is 1. The molecule has 4 aromatic rings. The molecule has 1 aliphatic carbocycles. The van der Waals surface area contributed by atoms with Crippen molar-refractivity contribution in [2.45, 2.75) is 24.4 Å². The van der Waals surface area contributed by atoms with Crippen molar-refractivity contribution in [3.8, 4) is 28.7 Å². The van der Waals surface area contributed by atoms with Crippen LogP contribution in [0.3, 0.4) is 0 Å². The quantitative estimate of drug-likeness (QED) is 0.443. The fourth-order valence-corrected chi connectivity index (χ4v) is 4.05. The molecule has 0 amide bonds. The topological polar surface area (TPSA) is 104 Å². The van der Waals surface area contributed by atoms with E-state index in [0.29, 0.717) is 27.9 Å². The number of aromatic nitrogens is 5. The lowest BCUT2D eigenvalue weighted by Crippen LogP contribution is -2.55. The predicted molar refractivity (Wildman–Crippen MR) is 118 cm³/mol. The van der Waals surface area contributed by atoms with Crippen LogP contribution in [0.25, 0.3) is 22.9 Å². The molecular formula is C22H18ClF2N5O4. The highest BCUT2D eigenvalue weighted by molar-refractivity contribution is 6.30. The van der Waals surface area contributed by atoms with Crippen molar-refractivity contribution in [1.82, 2.24) is 23.9 Å². The second-order valence-corrected chi connectivity index (χ2v) is 8.53. The molecular weight excluding hydrogens is 472 g/mol. The SMILES string of the molecule is COc1cc(-n2cnc3ccc(-c4ncc(Cl)cn4)n3c2=O)ccc1OCC1(O)CC(F)(F)C1. The van der Waals surface area contributed by atoms with Crippen molar-refractivity contribution in [3.05, 3.63) is 64.6 Å². The molecule has 1 saturated carbocycles. The normalized spacial score (nSPS) is 16.3. The molecule has 9 nitrogen and oxygen atoms in total. The third-order valence-electron chi connectivity index (χ3n) is 5.51. The van der Waals surface area contributed by atoms with Gasteiger partial charge in [-0.15, -0.1) is 0 Å². The Bertz CT molecular complexity index is 1430. The van der Waals surface area contributed by atoms with Crippen molar-refractivity contribution < 1.29 is 23.4 Å². The Labute approximate surface area is 196 Å². The summed E-state index contributed by atoms with van der Waals surface area (Å²) in [6, 6.07) is 8.03. The average molecular weight is 490 g/mol. The van der Waals surface area contributed by atoms with Gasteiger partial charge in [-0.3, -0.25) is 4.57 Å². The monoisotopic (exact) mass is 489 g/mol. The number of aliphatic hydroxyl groups is 1. The zero-order chi connectivity index (χ0) is 24.1. The second-order valence-electron chi connectivity index (χ2n) is 8.09. The fraction of sp³-hybridized carbons (Fsp3) is 0.273. The highest BCUT2D eigenvalue weighted by atomic mass is 35.5. The van der Waals surface area contributed by atoms with Crippen molar-refractivity contribution in [3.63, 3.8) is 0 Å². The van der Waals surface area contributed by atoms with Gasteiger partial charge in [0.1, 0.15) is 24.2 Å². The molecule has 12 heteroatoms. The van der Waals surface area contributed by atoms with Gasteiger partial charge in [0.05, 0.1) is 23.5 Å². The summed E-state index contributed by atoms with van der Waals surface area (Å²) < 4.78 is 39.8. The van der Waals surface area contributed by atoms with Crippen LogP contribution in [0.1, 0.15) is 12.8 Å². The first-order valence-electron chi connectivity index (χ1n) is 10.2. The number of ether oxygens (including phenoxy) is 2. The number of halogens is 3. The number of benzene rings is 1. The predicted octanol–water partition coefficient (Wildman–Crippen LogP) is 3.14. The highest BCUT2D eigenvalue weighted by Crippen LogP contribution is 2.46. The molecule has 176 valence electrons. The Morgan fingerprint density at radius 1 is 1.12 bits per heavy atom. The second kappa shape index (κ2) is 8.03. The maximum Gasteiger partial charge on any atom is 0.340 e. The lowest BCUT2D eigenvalue weighted by Gasteiger charge is -2.42. The Balaban J connectivity index is 1.47. The van der Waals surface area contributed by atoms with E-state index in [0.717, 1.165) is 0 Å². The van der Waals surface area contributed by atoms with Gasteiger partial charge < -0.3 is 14.6 Å². The van der Waals surface area contributed by atoms with Gasteiger partial charge in [-0.2, -0.15) is 0 Å². The van der Waals surface area contributed by atoms with Crippen molar-refractivity contribution in [2.75, 3.05) is 13.7 Å². The zero-order valence-corrected chi connectivity index (χ0v) is 18.5. The average Bonchev–Trinajstić information content (AvgIpc) is 3.22. The molecule has 0 radical (unpaired) electrons. The van der Waals surface area contributed by atoms with Crippen LogP contribution in [0.5, 0.6) is 11.5 Å². The number of hydrogen-bond acceptors (Lipinski definition) is 7. The first-order valence-corrected chi connectivity index (χ1v) is 10.5. The summed E-state index contributed by atoms with van der Waals surface area (Å²) in [5.41, 5.74) is -0.740. The summed E-state index contributed by atoms with van der Waals surface area (Å²) in [6.45, 7) is -0.306.